The average Bonchev–Trinajstić information content (AvgIpc) is 1.86. The van der Waals surface area contributed by atoms with Gasteiger partial charge in [-0.1, -0.05) is 0 Å². The van der Waals surface area contributed by atoms with Crippen molar-refractivity contribution in [3.63, 3.8) is 0 Å². The van der Waals surface area contributed by atoms with Gasteiger partial charge in [-0.15, -0.1) is 0 Å². The molecule has 0 amide bonds. The summed E-state index contributed by atoms with van der Waals surface area (Å²) in [4.78, 5) is 0. The Morgan fingerprint density at radius 2 is 2.67 bits per heavy atom. The molecule has 0 unspecified atom stereocenters. The minimum atomic E-state index is 0.412. The zero-order valence-corrected chi connectivity index (χ0v) is 3.14. The average molecular weight is 82.1 g/mol. The molecule has 2 nitrogen and oxygen atoms in total. The van der Waals surface area contributed by atoms with Crippen molar-refractivity contribution >= 4 is 5.88 Å². The van der Waals surface area contributed by atoms with Gasteiger partial charge in [0.2, 0.25) is 0 Å². The van der Waals surface area contributed by atoms with Gasteiger partial charge in [0.15, 0.2) is 12.1 Å². The van der Waals surface area contributed by atoms with Crippen molar-refractivity contribution in [3.8, 4) is 0 Å². The molecule has 1 heterocycles. The van der Waals surface area contributed by atoms with Gasteiger partial charge in [0.25, 0.3) is 0 Å². The van der Waals surface area contributed by atoms with Crippen molar-refractivity contribution in [3.05, 3.63) is 18.4 Å². The third-order valence-corrected chi connectivity index (χ3v) is 0.492. The van der Waals surface area contributed by atoms with Crippen molar-refractivity contribution in [1.82, 2.24) is 0 Å². The zero-order valence-electron chi connectivity index (χ0n) is 3.14. The Morgan fingerprint density at radius 3 is 2.83 bits per heavy atom. The van der Waals surface area contributed by atoms with Gasteiger partial charge in [-0.3, -0.25) is 0 Å². The summed E-state index contributed by atoms with van der Waals surface area (Å²) < 4.78 is 4.49. The zero-order chi connectivity index (χ0) is 4.41. The molecule has 0 fully saturated rings. The largest absolute Gasteiger partial charge is 0.438 e. The van der Waals surface area contributed by atoms with E-state index in [1.807, 2.05) is 0 Å². The first-order valence-electron chi connectivity index (χ1n) is 1.61. The molecule has 6 heavy (non-hydrogen) atoms. The fourth-order valence-corrected chi connectivity index (χ4v) is 0.252. The summed E-state index contributed by atoms with van der Waals surface area (Å²) in [6.07, 6.45) is 2.43. The van der Waals surface area contributed by atoms with Crippen LogP contribution in [0.25, 0.3) is 0 Å². The minimum Gasteiger partial charge on any atom is -0.438 e. The van der Waals surface area contributed by atoms with Crippen LogP contribution < -0.4 is 5.73 Å². The fourth-order valence-electron chi connectivity index (χ4n) is 0.252. The van der Waals surface area contributed by atoms with Crippen molar-refractivity contribution in [2.24, 2.45) is 0 Å². The third kappa shape index (κ3) is 0.360. The van der Waals surface area contributed by atoms with Gasteiger partial charge in [0.1, 0.15) is 0 Å². The molecular weight excluding hydrogens is 78.0 g/mol. The Bertz CT molecular complexity index is 111. The highest BCUT2D eigenvalue weighted by atomic mass is 16.3. The van der Waals surface area contributed by atoms with E-state index in [4.69, 9.17) is 5.73 Å². The topological polar surface area (TPSA) is 39.2 Å². The summed E-state index contributed by atoms with van der Waals surface area (Å²) in [6.45, 7) is 0. The molecule has 0 aliphatic rings. The molecule has 0 saturated heterocycles. The van der Waals surface area contributed by atoms with E-state index in [-0.39, 0.29) is 0 Å². The second-order valence-electron chi connectivity index (χ2n) is 0.956. The van der Waals surface area contributed by atoms with Crippen LogP contribution in [0.5, 0.6) is 0 Å². The quantitative estimate of drug-likeness (QED) is 0.499. The Morgan fingerprint density at radius 1 is 1.83 bits per heavy atom. The molecule has 1 aromatic heterocycles. The van der Waals surface area contributed by atoms with Gasteiger partial charge in [-0.05, 0) is 6.07 Å². The van der Waals surface area contributed by atoms with E-state index in [0.29, 0.717) is 5.88 Å². The number of furan rings is 1. The first kappa shape index (κ1) is 3.28. The number of hydrogen-bond acceptors (Lipinski definition) is 2. The highest BCUT2D eigenvalue weighted by molar-refractivity contribution is 5.20. The summed E-state index contributed by atoms with van der Waals surface area (Å²) in [7, 11) is 0. The summed E-state index contributed by atoms with van der Waals surface area (Å²) in [5.41, 5.74) is 5.08. The molecule has 2 heteroatoms. The summed E-state index contributed by atoms with van der Waals surface area (Å²) in [5.74, 6) is 0.412. The Balaban J connectivity index is 3.05. The molecule has 1 rings (SSSR count). The lowest BCUT2D eigenvalue weighted by Gasteiger charge is -1.70. The van der Waals surface area contributed by atoms with Crippen molar-refractivity contribution in [2.45, 2.75) is 0 Å². The van der Waals surface area contributed by atoms with Crippen LogP contribution in [0, 0.1) is 6.26 Å². The van der Waals surface area contributed by atoms with Gasteiger partial charge >= 0.3 is 0 Å². The lowest BCUT2D eigenvalue weighted by atomic mass is 10.6. The second-order valence-corrected chi connectivity index (χ2v) is 0.956. The van der Waals surface area contributed by atoms with E-state index in [1.54, 1.807) is 12.1 Å². The highest BCUT2D eigenvalue weighted by Gasteiger charge is 1.77. The minimum absolute atomic E-state index is 0.412. The van der Waals surface area contributed by atoms with E-state index in [2.05, 4.69) is 10.7 Å². The van der Waals surface area contributed by atoms with Crippen LogP contribution in [0.2, 0.25) is 0 Å². The molecule has 1 aromatic rings. The normalized spacial score (nSPS) is 8.67. The maximum absolute atomic E-state index is 5.08. The number of anilines is 1. The van der Waals surface area contributed by atoms with Crippen LogP contribution in [-0.4, -0.2) is 0 Å². The molecule has 1 radical (unpaired) electrons. The van der Waals surface area contributed by atoms with Crippen LogP contribution in [0.15, 0.2) is 16.5 Å². The Kier molecular flexibility index (Phi) is 0.572. The van der Waals surface area contributed by atoms with E-state index in [1.165, 1.54) is 0 Å². The molecular formula is C4H4NO. The van der Waals surface area contributed by atoms with Gasteiger partial charge in [0, 0.05) is 6.07 Å². The molecule has 0 aromatic carbocycles. The SMILES string of the molecule is Nc1cc[c]o1. The van der Waals surface area contributed by atoms with Crippen LogP contribution in [0.1, 0.15) is 0 Å². The van der Waals surface area contributed by atoms with Crippen LogP contribution in [0.4, 0.5) is 5.88 Å². The van der Waals surface area contributed by atoms with E-state index in [9.17, 15) is 0 Å². The monoisotopic (exact) mass is 82.0 g/mol. The predicted molar refractivity (Wildman–Crippen MR) is 22.0 cm³/mol. The number of nitrogen functional groups attached to an aromatic ring is 1. The van der Waals surface area contributed by atoms with Gasteiger partial charge in [-0.2, -0.15) is 0 Å². The molecule has 0 spiro atoms. The molecule has 0 saturated carbocycles. The van der Waals surface area contributed by atoms with Crippen LogP contribution in [0.3, 0.4) is 0 Å². The molecule has 0 aliphatic heterocycles. The summed E-state index contributed by atoms with van der Waals surface area (Å²) >= 11 is 0. The lowest BCUT2D eigenvalue weighted by Crippen LogP contribution is -1.74. The smallest absolute Gasteiger partial charge is 0.191 e. The maximum atomic E-state index is 5.08. The predicted octanol–water partition coefficient (Wildman–Crippen LogP) is 0.662. The fraction of sp³-hybridized carbons (Fsp3) is 0. The third-order valence-electron chi connectivity index (χ3n) is 0.492. The van der Waals surface area contributed by atoms with Crippen molar-refractivity contribution in [2.75, 3.05) is 5.73 Å². The van der Waals surface area contributed by atoms with E-state index >= 15 is 0 Å². The Hall–Kier alpha value is -0.920. The van der Waals surface area contributed by atoms with E-state index < -0.39 is 0 Å². The summed E-state index contributed by atoms with van der Waals surface area (Å²) in [6, 6.07) is 3.26. The number of nitrogens with two attached hydrogens (primary N) is 1. The molecule has 0 aliphatic carbocycles. The van der Waals surface area contributed by atoms with Crippen LogP contribution in [-0.2, 0) is 0 Å². The second kappa shape index (κ2) is 1.05. The molecule has 31 valence electrons. The molecule has 0 atom stereocenters. The lowest BCUT2D eigenvalue weighted by molar-refractivity contribution is 0.578. The van der Waals surface area contributed by atoms with Gasteiger partial charge in [-0.25, -0.2) is 0 Å². The van der Waals surface area contributed by atoms with Crippen LogP contribution >= 0.6 is 0 Å². The van der Waals surface area contributed by atoms with Gasteiger partial charge < -0.3 is 10.2 Å². The standard InChI is InChI=1S/C4H4NO/c5-4-2-1-3-6-4/h1-2H,5H2. The molecule has 0 bridgehead atoms. The summed E-state index contributed by atoms with van der Waals surface area (Å²) in [5, 5.41) is 0. The van der Waals surface area contributed by atoms with E-state index in [0.717, 1.165) is 0 Å². The van der Waals surface area contributed by atoms with Crippen molar-refractivity contribution in [1.29, 1.82) is 0 Å². The number of hydrogen-bond donors (Lipinski definition) is 1. The Labute approximate surface area is 35.6 Å². The first-order valence-corrected chi connectivity index (χ1v) is 1.61. The number of rotatable bonds is 0. The first-order chi connectivity index (χ1) is 2.89. The van der Waals surface area contributed by atoms with Crippen molar-refractivity contribution < 1.29 is 4.42 Å². The maximum Gasteiger partial charge on any atom is 0.191 e. The molecule has 2 N–H and O–H groups in total. The van der Waals surface area contributed by atoms with Gasteiger partial charge in [0.05, 0.1) is 0 Å². The highest BCUT2D eigenvalue weighted by Crippen LogP contribution is 1.96.